The smallest absolute Gasteiger partial charge is 0.238 e. The Kier molecular flexibility index (Phi) is 6.60. The predicted molar refractivity (Wildman–Crippen MR) is 68.2 cm³/mol. The fraction of sp³-hybridized carbons (Fsp3) is 0.917. The Morgan fingerprint density at radius 2 is 2.06 bits per heavy atom. The minimum absolute atomic E-state index is 0.294. The van der Waals surface area contributed by atoms with Gasteiger partial charge >= 0.3 is 0 Å². The summed E-state index contributed by atoms with van der Waals surface area (Å²) in [6.07, 6.45) is 1.16. The minimum Gasteiger partial charge on any atom is -0.368 e. The zero-order valence-electron chi connectivity index (χ0n) is 11.3. The van der Waals surface area contributed by atoms with Crippen LogP contribution in [-0.2, 0) is 4.79 Å². The molecule has 0 spiro atoms. The molecule has 1 amide bonds. The van der Waals surface area contributed by atoms with Gasteiger partial charge in [0.1, 0.15) is 5.54 Å². The molecule has 16 heavy (non-hydrogen) atoms. The lowest BCUT2D eigenvalue weighted by Gasteiger charge is -2.33. The van der Waals surface area contributed by atoms with Crippen LogP contribution in [0.5, 0.6) is 0 Å². The van der Waals surface area contributed by atoms with Crippen LogP contribution in [0.3, 0.4) is 0 Å². The highest BCUT2D eigenvalue weighted by Gasteiger charge is 2.31. The summed E-state index contributed by atoms with van der Waals surface area (Å²) in [6, 6.07) is 0. The summed E-state index contributed by atoms with van der Waals surface area (Å²) in [7, 11) is 1.78. The van der Waals surface area contributed by atoms with Crippen molar-refractivity contribution in [3.63, 3.8) is 0 Å². The van der Waals surface area contributed by atoms with E-state index >= 15 is 0 Å². The van der Waals surface area contributed by atoms with Gasteiger partial charge in [-0.05, 0) is 26.4 Å². The summed E-state index contributed by atoms with van der Waals surface area (Å²) in [5, 5.41) is 3.02. The van der Waals surface area contributed by atoms with E-state index in [0.29, 0.717) is 12.5 Å². The third kappa shape index (κ3) is 4.49. The number of rotatable bonds is 8. The molecule has 0 aliphatic carbocycles. The number of hydrogen-bond acceptors (Lipinski definition) is 3. The molecule has 0 bridgehead atoms. The van der Waals surface area contributed by atoms with Crippen LogP contribution in [0.2, 0.25) is 0 Å². The van der Waals surface area contributed by atoms with Gasteiger partial charge in [-0.25, -0.2) is 0 Å². The van der Waals surface area contributed by atoms with Crippen molar-refractivity contribution in [2.45, 2.75) is 39.7 Å². The molecular weight excluding hydrogens is 202 g/mol. The quantitative estimate of drug-likeness (QED) is 0.648. The van der Waals surface area contributed by atoms with Crippen LogP contribution >= 0.6 is 0 Å². The molecular formula is C12H27N3O. The van der Waals surface area contributed by atoms with Crippen molar-refractivity contribution in [1.82, 2.24) is 10.2 Å². The molecule has 3 N–H and O–H groups in total. The predicted octanol–water partition coefficient (Wildman–Crippen LogP) is 0.818. The average molecular weight is 229 g/mol. The summed E-state index contributed by atoms with van der Waals surface area (Å²) >= 11 is 0. The summed E-state index contributed by atoms with van der Waals surface area (Å²) in [4.78, 5) is 13.7. The molecule has 0 heterocycles. The number of hydrogen-bond donors (Lipinski definition) is 2. The number of nitrogens with zero attached hydrogens (tertiary/aromatic N) is 1. The van der Waals surface area contributed by atoms with Crippen LogP contribution in [0, 0.1) is 5.92 Å². The Hall–Kier alpha value is -0.610. The number of carbonyl (C=O) groups excluding carboxylic acids is 1. The highest BCUT2D eigenvalue weighted by atomic mass is 16.1. The van der Waals surface area contributed by atoms with Crippen LogP contribution in [0.4, 0.5) is 0 Å². The highest BCUT2D eigenvalue weighted by molar-refractivity contribution is 5.84. The van der Waals surface area contributed by atoms with Gasteiger partial charge in [-0.1, -0.05) is 27.2 Å². The topological polar surface area (TPSA) is 58.4 Å². The Bertz CT molecular complexity index is 220. The number of nitrogens with one attached hydrogen (secondary N) is 1. The first-order valence-electron chi connectivity index (χ1n) is 6.10. The van der Waals surface area contributed by atoms with E-state index < -0.39 is 5.54 Å². The van der Waals surface area contributed by atoms with Gasteiger partial charge in [-0.3, -0.25) is 4.79 Å². The number of amides is 1. The first-order chi connectivity index (χ1) is 7.39. The average Bonchev–Trinajstić information content (AvgIpc) is 2.27. The summed E-state index contributed by atoms with van der Waals surface area (Å²) in [5.74, 6) is 0.353. The molecule has 4 heteroatoms. The van der Waals surface area contributed by atoms with E-state index in [4.69, 9.17) is 5.73 Å². The minimum atomic E-state index is -0.635. The molecule has 0 aliphatic heterocycles. The van der Waals surface area contributed by atoms with Gasteiger partial charge in [-0.15, -0.1) is 0 Å². The summed E-state index contributed by atoms with van der Waals surface area (Å²) in [6.45, 7) is 11.0. The Morgan fingerprint density at radius 1 is 1.50 bits per heavy atom. The van der Waals surface area contributed by atoms with Gasteiger partial charge < -0.3 is 16.0 Å². The van der Waals surface area contributed by atoms with Crippen LogP contribution in [0.25, 0.3) is 0 Å². The van der Waals surface area contributed by atoms with Gasteiger partial charge in [0.15, 0.2) is 0 Å². The van der Waals surface area contributed by atoms with E-state index in [-0.39, 0.29) is 5.91 Å². The SMILES string of the molecule is CCC(C)CN(CC)CC(C)(NC)C(N)=O. The van der Waals surface area contributed by atoms with Crippen LogP contribution in [0.1, 0.15) is 34.1 Å². The molecule has 0 aromatic carbocycles. The van der Waals surface area contributed by atoms with Gasteiger partial charge in [0.25, 0.3) is 0 Å². The normalized spacial score (nSPS) is 17.1. The number of primary amides is 1. The summed E-state index contributed by atoms with van der Waals surface area (Å²) < 4.78 is 0. The van der Waals surface area contributed by atoms with Crippen molar-refractivity contribution in [2.75, 3.05) is 26.7 Å². The van der Waals surface area contributed by atoms with E-state index in [0.717, 1.165) is 19.5 Å². The largest absolute Gasteiger partial charge is 0.368 e. The van der Waals surface area contributed by atoms with Crippen LogP contribution in [0.15, 0.2) is 0 Å². The maximum atomic E-state index is 11.4. The maximum absolute atomic E-state index is 11.4. The lowest BCUT2D eigenvalue weighted by Crippen LogP contribution is -2.58. The zero-order valence-corrected chi connectivity index (χ0v) is 11.3. The molecule has 0 rings (SSSR count). The molecule has 0 aliphatic rings. The lowest BCUT2D eigenvalue weighted by atomic mass is 10.00. The van der Waals surface area contributed by atoms with Crippen molar-refractivity contribution in [3.05, 3.63) is 0 Å². The molecule has 0 fully saturated rings. The highest BCUT2D eigenvalue weighted by Crippen LogP contribution is 2.09. The lowest BCUT2D eigenvalue weighted by molar-refractivity contribution is -0.124. The second-order valence-corrected chi connectivity index (χ2v) is 4.79. The fourth-order valence-corrected chi connectivity index (χ4v) is 1.60. The van der Waals surface area contributed by atoms with Gasteiger partial charge in [0, 0.05) is 13.1 Å². The van der Waals surface area contributed by atoms with Gasteiger partial charge in [0.2, 0.25) is 5.91 Å². The molecule has 0 saturated heterocycles. The standard InChI is InChI=1S/C12H27N3O/c1-6-10(3)8-15(7-2)9-12(4,14-5)11(13)16/h10,14H,6-9H2,1-5H3,(H2,13,16). The van der Waals surface area contributed by atoms with Gasteiger partial charge in [-0.2, -0.15) is 0 Å². The molecule has 4 nitrogen and oxygen atoms in total. The zero-order chi connectivity index (χ0) is 12.8. The van der Waals surface area contributed by atoms with Crippen LogP contribution < -0.4 is 11.1 Å². The third-order valence-electron chi connectivity index (χ3n) is 3.35. The molecule has 96 valence electrons. The molecule has 0 aromatic rings. The Labute approximate surface area is 99.6 Å². The van der Waals surface area contributed by atoms with E-state index in [1.54, 1.807) is 7.05 Å². The van der Waals surface area contributed by atoms with Crippen molar-refractivity contribution in [2.24, 2.45) is 11.7 Å². The molecule has 2 atom stereocenters. The van der Waals surface area contributed by atoms with Crippen molar-refractivity contribution < 1.29 is 4.79 Å². The third-order valence-corrected chi connectivity index (χ3v) is 3.35. The van der Waals surface area contributed by atoms with Crippen molar-refractivity contribution in [1.29, 1.82) is 0 Å². The van der Waals surface area contributed by atoms with E-state index in [1.807, 2.05) is 6.92 Å². The van der Waals surface area contributed by atoms with E-state index in [1.165, 1.54) is 0 Å². The van der Waals surface area contributed by atoms with Crippen molar-refractivity contribution >= 4 is 5.91 Å². The van der Waals surface area contributed by atoms with Crippen molar-refractivity contribution in [3.8, 4) is 0 Å². The Morgan fingerprint density at radius 3 is 2.38 bits per heavy atom. The second kappa shape index (κ2) is 6.86. The summed E-state index contributed by atoms with van der Waals surface area (Å²) in [5.41, 5.74) is 4.78. The molecule has 0 aromatic heterocycles. The van der Waals surface area contributed by atoms with Gasteiger partial charge in [0.05, 0.1) is 0 Å². The fourth-order valence-electron chi connectivity index (χ4n) is 1.60. The first-order valence-corrected chi connectivity index (χ1v) is 6.10. The molecule has 2 unspecified atom stereocenters. The number of carbonyl (C=O) groups is 1. The molecule has 0 saturated carbocycles. The Balaban J connectivity index is 4.45. The number of likely N-dealkylation sites (N-methyl/N-ethyl adjacent to an activating group) is 2. The second-order valence-electron chi connectivity index (χ2n) is 4.79. The molecule has 0 radical (unpaired) electrons. The van der Waals surface area contributed by atoms with Crippen LogP contribution in [-0.4, -0.2) is 43.0 Å². The monoisotopic (exact) mass is 229 g/mol. The van der Waals surface area contributed by atoms with E-state index in [9.17, 15) is 4.79 Å². The maximum Gasteiger partial charge on any atom is 0.238 e. The first kappa shape index (κ1) is 15.4. The van der Waals surface area contributed by atoms with E-state index in [2.05, 4.69) is 31.0 Å². The number of nitrogens with two attached hydrogens (primary N) is 1.